The van der Waals surface area contributed by atoms with Crippen LogP contribution in [0.1, 0.15) is 24.5 Å². The number of hydrogen-bond donors (Lipinski definition) is 1. The van der Waals surface area contributed by atoms with Crippen molar-refractivity contribution in [3.8, 4) is 11.1 Å². The molecule has 0 atom stereocenters. The van der Waals surface area contributed by atoms with Crippen molar-refractivity contribution in [2.24, 2.45) is 0 Å². The fraction of sp³-hybridized carbons (Fsp3) is 0.182. The first-order chi connectivity index (χ1) is 11.2. The first-order valence-electron chi connectivity index (χ1n) is 8.27. The van der Waals surface area contributed by atoms with Gasteiger partial charge in [0, 0.05) is 11.4 Å². The highest BCUT2D eigenvalue weighted by Gasteiger charge is 2.00. The van der Waals surface area contributed by atoms with Gasteiger partial charge >= 0.3 is 0 Å². The summed E-state index contributed by atoms with van der Waals surface area (Å²) in [6.07, 6.45) is 2.35. The van der Waals surface area contributed by atoms with Crippen molar-refractivity contribution >= 4 is 11.4 Å². The third kappa shape index (κ3) is 4.01. The van der Waals surface area contributed by atoms with Gasteiger partial charge in [0.05, 0.1) is 0 Å². The Morgan fingerprint density at radius 2 is 1.39 bits per heavy atom. The van der Waals surface area contributed by atoms with E-state index in [2.05, 4.69) is 92.0 Å². The highest BCUT2D eigenvalue weighted by Crippen LogP contribution is 2.24. The predicted octanol–water partition coefficient (Wildman–Crippen LogP) is 6.36. The molecule has 1 N–H and O–H groups in total. The van der Waals surface area contributed by atoms with Gasteiger partial charge in [0.25, 0.3) is 0 Å². The van der Waals surface area contributed by atoms with E-state index < -0.39 is 0 Å². The molecule has 0 radical (unpaired) electrons. The van der Waals surface area contributed by atoms with Gasteiger partial charge in [-0.3, -0.25) is 0 Å². The molecule has 0 bridgehead atoms. The van der Waals surface area contributed by atoms with E-state index in [4.69, 9.17) is 0 Å². The molecular weight excluding hydrogens is 278 g/mol. The minimum absolute atomic E-state index is 1.11. The average Bonchev–Trinajstić information content (AvgIpc) is 2.57. The maximum Gasteiger partial charge on any atom is 0.0386 e. The van der Waals surface area contributed by atoms with E-state index in [1.165, 1.54) is 28.7 Å². The minimum atomic E-state index is 1.11. The Bertz CT molecular complexity index is 755. The lowest BCUT2D eigenvalue weighted by molar-refractivity contribution is 0.922. The Kier molecular flexibility index (Phi) is 4.77. The van der Waals surface area contributed by atoms with Gasteiger partial charge in [0.2, 0.25) is 0 Å². The van der Waals surface area contributed by atoms with Gasteiger partial charge in [-0.2, -0.15) is 0 Å². The fourth-order valence-electron chi connectivity index (χ4n) is 2.79. The van der Waals surface area contributed by atoms with Crippen LogP contribution in [0.3, 0.4) is 0 Å². The predicted molar refractivity (Wildman–Crippen MR) is 100 cm³/mol. The molecular formula is C22H23N. The van der Waals surface area contributed by atoms with E-state index in [9.17, 15) is 0 Å². The van der Waals surface area contributed by atoms with Crippen LogP contribution >= 0.6 is 0 Å². The number of rotatable bonds is 5. The Hall–Kier alpha value is -2.54. The van der Waals surface area contributed by atoms with E-state index in [-0.39, 0.29) is 0 Å². The van der Waals surface area contributed by atoms with Gasteiger partial charge in [-0.05, 0) is 59.9 Å². The van der Waals surface area contributed by atoms with E-state index in [0.29, 0.717) is 0 Å². The normalized spacial score (nSPS) is 10.5. The van der Waals surface area contributed by atoms with Crippen LogP contribution < -0.4 is 5.32 Å². The summed E-state index contributed by atoms with van der Waals surface area (Å²) in [5.41, 5.74) is 7.44. The van der Waals surface area contributed by atoms with Gasteiger partial charge in [-0.25, -0.2) is 0 Å². The second kappa shape index (κ2) is 7.15. The Morgan fingerprint density at radius 1 is 0.739 bits per heavy atom. The molecule has 0 aliphatic rings. The van der Waals surface area contributed by atoms with Gasteiger partial charge in [0.1, 0.15) is 0 Å². The number of anilines is 2. The summed E-state index contributed by atoms with van der Waals surface area (Å²) >= 11 is 0. The van der Waals surface area contributed by atoms with E-state index in [1.54, 1.807) is 0 Å². The van der Waals surface area contributed by atoms with Crippen LogP contribution in [0, 0.1) is 6.92 Å². The van der Waals surface area contributed by atoms with Gasteiger partial charge in [-0.15, -0.1) is 0 Å². The Balaban J connectivity index is 1.73. The molecule has 0 aliphatic carbocycles. The molecule has 1 heteroatoms. The van der Waals surface area contributed by atoms with Crippen LogP contribution in [0.15, 0.2) is 72.8 Å². The lowest BCUT2D eigenvalue weighted by atomic mass is 10.0. The lowest BCUT2D eigenvalue weighted by Gasteiger charge is -2.09. The molecule has 0 fully saturated rings. The van der Waals surface area contributed by atoms with Crippen LogP contribution in [0.5, 0.6) is 0 Å². The SMILES string of the molecule is CCCc1ccc(-c2ccc(Nc3cccc(C)c3)cc2)cc1. The van der Waals surface area contributed by atoms with E-state index in [0.717, 1.165) is 17.8 Å². The van der Waals surface area contributed by atoms with Crippen molar-refractivity contribution in [1.82, 2.24) is 0 Å². The third-order valence-electron chi connectivity index (χ3n) is 4.02. The molecule has 0 saturated heterocycles. The molecule has 3 aromatic rings. The molecule has 0 spiro atoms. The summed E-state index contributed by atoms with van der Waals surface area (Å²) in [5, 5.41) is 3.45. The molecule has 0 saturated carbocycles. The quantitative estimate of drug-likeness (QED) is 0.578. The molecule has 116 valence electrons. The number of aryl methyl sites for hydroxylation is 2. The van der Waals surface area contributed by atoms with Crippen LogP contribution in [0.25, 0.3) is 11.1 Å². The Labute approximate surface area is 139 Å². The first-order valence-corrected chi connectivity index (χ1v) is 8.27. The zero-order chi connectivity index (χ0) is 16.1. The third-order valence-corrected chi connectivity index (χ3v) is 4.02. The second-order valence-electron chi connectivity index (χ2n) is 6.02. The largest absolute Gasteiger partial charge is 0.356 e. The molecule has 3 rings (SSSR count). The standard InChI is InChI=1S/C22H23N/c1-3-5-18-8-10-19(11-9-18)20-12-14-21(15-13-20)23-22-7-4-6-17(2)16-22/h4,6-16,23H,3,5H2,1-2H3. The molecule has 0 unspecified atom stereocenters. The van der Waals surface area contributed by atoms with Crippen LogP contribution in [-0.2, 0) is 6.42 Å². The number of benzene rings is 3. The average molecular weight is 301 g/mol. The summed E-state index contributed by atoms with van der Waals surface area (Å²) in [7, 11) is 0. The summed E-state index contributed by atoms with van der Waals surface area (Å²) in [6.45, 7) is 4.32. The summed E-state index contributed by atoms with van der Waals surface area (Å²) in [5.74, 6) is 0. The van der Waals surface area contributed by atoms with Crippen molar-refractivity contribution < 1.29 is 0 Å². The zero-order valence-corrected chi connectivity index (χ0v) is 13.8. The van der Waals surface area contributed by atoms with Crippen LogP contribution in [0.2, 0.25) is 0 Å². The van der Waals surface area contributed by atoms with Crippen molar-refractivity contribution in [2.45, 2.75) is 26.7 Å². The lowest BCUT2D eigenvalue weighted by Crippen LogP contribution is -1.90. The first kappa shape index (κ1) is 15.4. The molecule has 0 heterocycles. The maximum absolute atomic E-state index is 3.45. The van der Waals surface area contributed by atoms with Crippen molar-refractivity contribution in [3.63, 3.8) is 0 Å². The number of hydrogen-bond acceptors (Lipinski definition) is 1. The minimum Gasteiger partial charge on any atom is -0.356 e. The molecule has 3 aromatic carbocycles. The van der Waals surface area contributed by atoms with Crippen LogP contribution in [-0.4, -0.2) is 0 Å². The second-order valence-corrected chi connectivity index (χ2v) is 6.02. The fourth-order valence-corrected chi connectivity index (χ4v) is 2.79. The molecule has 1 nitrogen and oxygen atoms in total. The van der Waals surface area contributed by atoms with Crippen molar-refractivity contribution in [2.75, 3.05) is 5.32 Å². The maximum atomic E-state index is 3.45. The van der Waals surface area contributed by atoms with Crippen molar-refractivity contribution in [3.05, 3.63) is 83.9 Å². The summed E-state index contributed by atoms with van der Waals surface area (Å²) in [4.78, 5) is 0. The summed E-state index contributed by atoms with van der Waals surface area (Å²) in [6, 6.07) is 25.9. The van der Waals surface area contributed by atoms with Crippen LogP contribution in [0.4, 0.5) is 11.4 Å². The highest BCUT2D eigenvalue weighted by molar-refractivity contribution is 5.68. The monoisotopic (exact) mass is 301 g/mol. The zero-order valence-electron chi connectivity index (χ0n) is 13.8. The van der Waals surface area contributed by atoms with Gasteiger partial charge in [-0.1, -0.05) is 61.9 Å². The smallest absolute Gasteiger partial charge is 0.0386 e. The molecule has 0 aromatic heterocycles. The van der Waals surface area contributed by atoms with Gasteiger partial charge < -0.3 is 5.32 Å². The van der Waals surface area contributed by atoms with E-state index >= 15 is 0 Å². The molecule has 0 aliphatic heterocycles. The van der Waals surface area contributed by atoms with Gasteiger partial charge in [0.15, 0.2) is 0 Å². The Morgan fingerprint density at radius 3 is 2.00 bits per heavy atom. The molecule has 23 heavy (non-hydrogen) atoms. The number of nitrogens with one attached hydrogen (secondary N) is 1. The van der Waals surface area contributed by atoms with E-state index in [1.807, 2.05) is 0 Å². The highest BCUT2D eigenvalue weighted by atomic mass is 14.9. The molecule has 0 amide bonds. The topological polar surface area (TPSA) is 12.0 Å². The summed E-state index contributed by atoms with van der Waals surface area (Å²) < 4.78 is 0. The van der Waals surface area contributed by atoms with Crippen molar-refractivity contribution in [1.29, 1.82) is 0 Å².